The first-order valence-corrected chi connectivity index (χ1v) is 8.04. The second-order valence-electron chi connectivity index (χ2n) is 4.62. The number of aromatic hydroxyl groups is 1. The molecule has 0 aromatic heterocycles. The molecule has 1 atom stereocenters. The average molecular weight is 300 g/mol. The SMILES string of the molecule is CC1Cc2cc(N3CC(=O)NS3(=O)=O)c(O)cc2S1. The molecule has 3 rings (SSSR count). The highest BCUT2D eigenvalue weighted by atomic mass is 32.2. The Hall–Kier alpha value is -1.41. The Morgan fingerprint density at radius 1 is 1.47 bits per heavy atom. The quantitative estimate of drug-likeness (QED) is 0.793. The molecule has 1 saturated heterocycles. The molecule has 8 heteroatoms. The number of nitrogens with zero attached hydrogens (tertiary/aromatic N) is 1. The van der Waals surface area contributed by atoms with Gasteiger partial charge in [0.2, 0.25) is 0 Å². The molecule has 2 aliphatic rings. The summed E-state index contributed by atoms with van der Waals surface area (Å²) in [5, 5.41) is 10.4. The Labute approximate surface area is 115 Å². The van der Waals surface area contributed by atoms with Gasteiger partial charge in [-0.15, -0.1) is 11.8 Å². The predicted molar refractivity (Wildman–Crippen MR) is 71.5 cm³/mol. The number of amides is 1. The third kappa shape index (κ3) is 2.04. The Bertz CT molecular complexity index is 672. The first kappa shape index (κ1) is 12.6. The van der Waals surface area contributed by atoms with Crippen LogP contribution in [0.25, 0.3) is 0 Å². The summed E-state index contributed by atoms with van der Waals surface area (Å²) in [6.07, 6.45) is 0.822. The monoisotopic (exact) mass is 300 g/mol. The van der Waals surface area contributed by atoms with E-state index in [1.165, 1.54) is 0 Å². The largest absolute Gasteiger partial charge is 0.506 e. The van der Waals surface area contributed by atoms with E-state index in [0.29, 0.717) is 5.25 Å². The van der Waals surface area contributed by atoms with Crippen molar-refractivity contribution in [2.75, 3.05) is 10.8 Å². The van der Waals surface area contributed by atoms with Crippen LogP contribution in [0.5, 0.6) is 5.75 Å². The highest BCUT2D eigenvalue weighted by Gasteiger charge is 2.36. The van der Waals surface area contributed by atoms with E-state index in [1.807, 2.05) is 4.72 Å². The first-order chi connectivity index (χ1) is 8.87. The lowest BCUT2D eigenvalue weighted by atomic mass is 10.1. The van der Waals surface area contributed by atoms with Gasteiger partial charge in [-0.05, 0) is 24.1 Å². The topological polar surface area (TPSA) is 86.7 Å². The number of carbonyl (C=O) groups is 1. The molecule has 0 spiro atoms. The van der Waals surface area contributed by atoms with Gasteiger partial charge in [0, 0.05) is 10.1 Å². The van der Waals surface area contributed by atoms with Gasteiger partial charge >= 0.3 is 10.2 Å². The van der Waals surface area contributed by atoms with Crippen molar-refractivity contribution < 1.29 is 18.3 Å². The number of phenols is 1. The van der Waals surface area contributed by atoms with Crippen LogP contribution in [0.4, 0.5) is 5.69 Å². The Balaban J connectivity index is 2.08. The predicted octanol–water partition coefficient (Wildman–Crippen LogP) is 0.610. The summed E-state index contributed by atoms with van der Waals surface area (Å²) >= 11 is 1.65. The van der Waals surface area contributed by atoms with Crippen LogP contribution < -0.4 is 9.03 Å². The fourth-order valence-corrected chi connectivity index (χ4v) is 4.62. The summed E-state index contributed by atoms with van der Waals surface area (Å²) in [5.74, 6) is -0.719. The van der Waals surface area contributed by atoms with Gasteiger partial charge in [0.25, 0.3) is 5.91 Å². The highest BCUT2D eigenvalue weighted by molar-refractivity contribution is 8.00. The molecule has 2 aliphatic heterocycles. The normalized spacial score (nSPS) is 24.4. The van der Waals surface area contributed by atoms with Crippen LogP contribution in [-0.2, 0) is 21.4 Å². The molecule has 1 fully saturated rings. The highest BCUT2D eigenvalue weighted by Crippen LogP contribution is 2.43. The second-order valence-corrected chi connectivity index (χ2v) is 7.69. The van der Waals surface area contributed by atoms with Gasteiger partial charge in [0.05, 0.1) is 5.69 Å². The van der Waals surface area contributed by atoms with Crippen molar-refractivity contribution in [2.45, 2.75) is 23.5 Å². The van der Waals surface area contributed by atoms with Gasteiger partial charge in [0.1, 0.15) is 12.3 Å². The van der Waals surface area contributed by atoms with Gasteiger partial charge in [-0.25, -0.2) is 9.03 Å². The van der Waals surface area contributed by atoms with Crippen LogP contribution in [0, 0.1) is 0 Å². The fraction of sp³-hybridized carbons (Fsp3) is 0.364. The summed E-state index contributed by atoms with van der Waals surface area (Å²) in [6, 6.07) is 3.22. The summed E-state index contributed by atoms with van der Waals surface area (Å²) in [4.78, 5) is 12.2. The third-order valence-electron chi connectivity index (χ3n) is 3.08. The van der Waals surface area contributed by atoms with E-state index >= 15 is 0 Å². The zero-order valence-corrected chi connectivity index (χ0v) is 11.7. The lowest BCUT2D eigenvalue weighted by Gasteiger charge is -2.17. The molecule has 102 valence electrons. The van der Waals surface area contributed by atoms with Crippen LogP contribution >= 0.6 is 11.8 Å². The molecule has 0 saturated carbocycles. The average Bonchev–Trinajstić information content (AvgIpc) is 2.75. The number of hydrogen-bond donors (Lipinski definition) is 2. The van der Waals surface area contributed by atoms with Crippen molar-refractivity contribution in [3.05, 3.63) is 17.7 Å². The first-order valence-electron chi connectivity index (χ1n) is 5.72. The molecule has 0 radical (unpaired) electrons. The van der Waals surface area contributed by atoms with Crippen LogP contribution in [0.1, 0.15) is 12.5 Å². The van der Waals surface area contributed by atoms with Crippen molar-refractivity contribution in [1.29, 1.82) is 0 Å². The fourth-order valence-electron chi connectivity index (χ4n) is 2.30. The molecule has 0 aliphatic carbocycles. The minimum Gasteiger partial charge on any atom is -0.506 e. The molecule has 2 heterocycles. The number of rotatable bonds is 1. The molecular formula is C11H12N2O4S2. The van der Waals surface area contributed by atoms with Crippen LogP contribution in [0.15, 0.2) is 17.0 Å². The lowest BCUT2D eigenvalue weighted by molar-refractivity contribution is -0.117. The van der Waals surface area contributed by atoms with Crippen molar-refractivity contribution in [3.63, 3.8) is 0 Å². The van der Waals surface area contributed by atoms with E-state index in [0.717, 1.165) is 21.2 Å². The second kappa shape index (κ2) is 4.04. The molecule has 1 aromatic carbocycles. The standard InChI is InChI=1S/C11H12N2O4S2/c1-6-2-7-3-8(9(14)4-10(7)18-6)13-5-11(15)12-19(13,16)17/h3-4,6,14H,2,5H2,1H3,(H,12,15). The summed E-state index contributed by atoms with van der Waals surface area (Å²) in [7, 11) is -3.88. The van der Waals surface area contributed by atoms with Gasteiger partial charge in [-0.1, -0.05) is 6.92 Å². The molecule has 2 N–H and O–H groups in total. The number of anilines is 1. The van der Waals surface area contributed by atoms with E-state index in [2.05, 4.69) is 6.92 Å². The van der Waals surface area contributed by atoms with Crippen LogP contribution in [-0.4, -0.2) is 31.2 Å². The summed E-state index contributed by atoms with van der Waals surface area (Å²) in [5.41, 5.74) is 1.16. The minimum absolute atomic E-state index is 0.125. The number of hydrogen-bond acceptors (Lipinski definition) is 5. The third-order valence-corrected chi connectivity index (χ3v) is 5.68. The van der Waals surface area contributed by atoms with Crippen molar-refractivity contribution in [1.82, 2.24) is 4.72 Å². The van der Waals surface area contributed by atoms with E-state index in [-0.39, 0.29) is 18.0 Å². The Morgan fingerprint density at radius 2 is 2.21 bits per heavy atom. The van der Waals surface area contributed by atoms with Gasteiger partial charge in [0.15, 0.2) is 0 Å². The molecule has 6 nitrogen and oxygen atoms in total. The number of phenolic OH excluding ortho intramolecular Hbond substituents is 1. The Kier molecular flexibility index (Phi) is 2.68. The van der Waals surface area contributed by atoms with Crippen molar-refractivity contribution in [2.24, 2.45) is 0 Å². The zero-order valence-electron chi connectivity index (χ0n) is 10.1. The maximum Gasteiger partial charge on any atom is 0.326 e. The Morgan fingerprint density at radius 3 is 2.84 bits per heavy atom. The molecule has 1 amide bonds. The lowest BCUT2D eigenvalue weighted by Crippen LogP contribution is -2.29. The number of nitrogens with one attached hydrogen (secondary N) is 1. The van der Waals surface area contributed by atoms with Crippen LogP contribution in [0.2, 0.25) is 0 Å². The van der Waals surface area contributed by atoms with E-state index in [1.54, 1.807) is 23.9 Å². The molecular weight excluding hydrogens is 288 g/mol. The maximum absolute atomic E-state index is 11.8. The van der Waals surface area contributed by atoms with Crippen molar-refractivity contribution in [3.8, 4) is 5.75 Å². The summed E-state index contributed by atoms with van der Waals surface area (Å²) in [6.45, 7) is 1.77. The van der Waals surface area contributed by atoms with E-state index in [9.17, 15) is 18.3 Å². The summed E-state index contributed by atoms with van der Waals surface area (Å²) < 4.78 is 26.3. The van der Waals surface area contributed by atoms with Crippen molar-refractivity contribution >= 4 is 33.6 Å². The smallest absolute Gasteiger partial charge is 0.326 e. The van der Waals surface area contributed by atoms with Gasteiger partial charge in [-0.2, -0.15) is 8.42 Å². The number of carbonyl (C=O) groups excluding carboxylic acids is 1. The maximum atomic E-state index is 11.8. The van der Waals surface area contributed by atoms with E-state index in [4.69, 9.17) is 0 Å². The van der Waals surface area contributed by atoms with Crippen LogP contribution in [0.3, 0.4) is 0 Å². The van der Waals surface area contributed by atoms with E-state index < -0.39 is 16.1 Å². The number of benzene rings is 1. The molecule has 1 unspecified atom stereocenters. The molecule has 0 bridgehead atoms. The molecule has 1 aromatic rings. The zero-order chi connectivity index (χ0) is 13.8. The number of fused-ring (bicyclic) bond motifs is 1. The number of thioether (sulfide) groups is 1. The molecule has 19 heavy (non-hydrogen) atoms. The van der Waals surface area contributed by atoms with Gasteiger partial charge < -0.3 is 5.11 Å². The van der Waals surface area contributed by atoms with Gasteiger partial charge in [-0.3, -0.25) is 4.79 Å². The minimum atomic E-state index is -3.88.